The Morgan fingerprint density at radius 1 is 1.29 bits per heavy atom. The molecule has 1 fully saturated rings. The number of carbonyl (C=O) groups is 1. The van der Waals surface area contributed by atoms with E-state index in [2.05, 4.69) is 13.8 Å². The second-order valence-electron chi connectivity index (χ2n) is 4.39. The predicted octanol–water partition coefficient (Wildman–Crippen LogP) is 3.70. The van der Waals surface area contributed by atoms with Crippen molar-refractivity contribution >= 4 is 5.97 Å². The molecule has 2 heteroatoms. The smallest absolute Gasteiger partial charge is 0.303 e. The molecule has 0 aromatic rings. The van der Waals surface area contributed by atoms with Gasteiger partial charge >= 0.3 is 5.97 Å². The Morgan fingerprint density at radius 3 is 1.93 bits per heavy atom. The van der Waals surface area contributed by atoms with Crippen molar-refractivity contribution in [2.45, 2.75) is 59.3 Å². The van der Waals surface area contributed by atoms with Crippen LogP contribution in [-0.4, -0.2) is 11.1 Å². The number of carboxylic acids is 1. The number of rotatable bonds is 2. The third-order valence-corrected chi connectivity index (χ3v) is 2.90. The summed E-state index contributed by atoms with van der Waals surface area (Å²) in [6.07, 6.45) is 7.68. The summed E-state index contributed by atoms with van der Waals surface area (Å²) in [5.41, 5.74) is 0. The fraction of sp³-hybridized carbons (Fsp3) is 0.917. The van der Waals surface area contributed by atoms with Crippen LogP contribution in [0.4, 0.5) is 0 Å². The van der Waals surface area contributed by atoms with Gasteiger partial charge in [0.2, 0.25) is 0 Å². The monoisotopic (exact) mass is 200 g/mol. The molecular weight excluding hydrogens is 176 g/mol. The van der Waals surface area contributed by atoms with Crippen molar-refractivity contribution < 1.29 is 9.90 Å². The second kappa shape index (κ2) is 7.84. The first-order chi connectivity index (χ1) is 6.57. The highest BCUT2D eigenvalue weighted by molar-refractivity contribution is 5.66. The zero-order valence-corrected chi connectivity index (χ0v) is 9.75. The summed E-state index contributed by atoms with van der Waals surface area (Å²) in [4.78, 5) is 9.37. The molecule has 0 heterocycles. The minimum atomic E-state index is -0.745. The first-order valence-corrected chi connectivity index (χ1v) is 5.79. The standard InChI is InChI=1S/C9H18.C3H6O2/c1-8(2)9-6-4-3-5-7-9;1-2-3(4)5/h8-9H,3-7H2,1-2H3;2H2,1H3,(H,4,5). The van der Waals surface area contributed by atoms with Crippen LogP contribution in [-0.2, 0) is 4.79 Å². The molecule has 14 heavy (non-hydrogen) atoms. The van der Waals surface area contributed by atoms with Crippen LogP contribution in [0.2, 0.25) is 0 Å². The number of aliphatic carboxylic acids is 1. The van der Waals surface area contributed by atoms with E-state index in [4.69, 9.17) is 5.11 Å². The first kappa shape index (κ1) is 13.5. The first-order valence-electron chi connectivity index (χ1n) is 5.79. The zero-order valence-electron chi connectivity index (χ0n) is 9.75. The van der Waals surface area contributed by atoms with Gasteiger partial charge in [0.15, 0.2) is 0 Å². The van der Waals surface area contributed by atoms with Gasteiger partial charge in [-0.1, -0.05) is 52.9 Å². The summed E-state index contributed by atoms with van der Waals surface area (Å²) in [6.45, 7) is 6.31. The molecule has 0 bridgehead atoms. The van der Waals surface area contributed by atoms with Gasteiger partial charge in [0.05, 0.1) is 0 Å². The van der Waals surface area contributed by atoms with Crippen molar-refractivity contribution in [2.75, 3.05) is 0 Å². The van der Waals surface area contributed by atoms with E-state index in [-0.39, 0.29) is 6.42 Å². The van der Waals surface area contributed by atoms with Crippen molar-refractivity contribution in [1.29, 1.82) is 0 Å². The van der Waals surface area contributed by atoms with Gasteiger partial charge in [-0.05, 0) is 11.8 Å². The highest BCUT2D eigenvalue weighted by atomic mass is 16.4. The molecule has 2 nitrogen and oxygen atoms in total. The van der Waals surface area contributed by atoms with Crippen LogP contribution in [0.1, 0.15) is 59.3 Å². The predicted molar refractivity (Wildman–Crippen MR) is 59.3 cm³/mol. The van der Waals surface area contributed by atoms with Crippen molar-refractivity contribution in [3.63, 3.8) is 0 Å². The molecule has 0 radical (unpaired) electrons. The van der Waals surface area contributed by atoms with Crippen molar-refractivity contribution in [2.24, 2.45) is 11.8 Å². The van der Waals surface area contributed by atoms with E-state index in [1.165, 1.54) is 32.1 Å². The summed E-state index contributed by atoms with van der Waals surface area (Å²) in [6, 6.07) is 0. The SMILES string of the molecule is CC(C)C1CCCCC1.CCC(=O)O. The Bertz CT molecular complexity index is 146. The van der Waals surface area contributed by atoms with Crippen LogP contribution in [0.3, 0.4) is 0 Å². The topological polar surface area (TPSA) is 37.3 Å². The summed E-state index contributed by atoms with van der Waals surface area (Å²) in [5.74, 6) is 1.24. The van der Waals surface area contributed by atoms with Gasteiger partial charge in [0.1, 0.15) is 0 Å². The lowest BCUT2D eigenvalue weighted by Gasteiger charge is -2.24. The molecule has 1 rings (SSSR count). The molecule has 0 saturated heterocycles. The van der Waals surface area contributed by atoms with Gasteiger partial charge in [-0.2, -0.15) is 0 Å². The van der Waals surface area contributed by atoms with Crippen LogP contribution in [0.5, 0.6) is 0 Å². The molecule has 0 unspecified atom stereocenters. The van der Waals surface area contributed by atoms with Crippen LogP contribution < -0.4 is 0 Å². The van der Waals surface area contributed by atoms with Crippen LogP contribution in [0.15, 0.2) is 0 Å². The Labute approximate surface area is 87.7 Å². The molecule has 84 valence electrons. The summed E-state index contributed by atoms with van der Waals surface area (Å²) in [5, 5.41) is 7.72. The molecule has 0 spiro atoms. The number of hydrogen-bond donors (Lipinski definition) is 1. The van der Waals surface area contributed by atoms with Crippen molar-refractivity contribution in [3.8, 4) is 0 Å². The summed E-state index contributed by atoms with van der Waals surface area (Å²) in [7, 11) is 0. The average molecular weight is 200 g/mol. The number of carboxylic acid groups (broad SMARTS) is 1. The average Bonchev–Trinajstić information content (AvgIpc) is 2.20. The molecular formula is C12H24O2. The summed E-state index contributed by atoms with van der Waals surface area (Å²) < 4.78 is 0. The van der Waals surface area contributed by atoms with Crippen LogP contribution in [0.25, 0.3) is 0 Å². The van der Waals surface area contributed by atoms with Crippen LogP contribution in [0, 0.1) is 11.8 Å². The molecule has 1 aliphatic carbocycles. The van der Waals surface area contributed by atoms with Gasteiger partial charge in [-0.15, -0.1) is 0 Å². The minimum Gasteiger partial charge on any atom is -0.481 e. The molecule has 0 aromatic heterocycles. The van der Waals surface area contributed by atoms with E-state index in [0.717, 1.165) is 11.8 Å². The van der Waals surface area contributed by atoms with Crippen molar-refractivity contribution in [1.82, 2.24) is 0 Å². The maximum atomic E-state index is 9.37. The normalized spacial score (nSPS) is 17.4. The Morgan fingerprint density at radius 2 is 1.71 bits per heavy atom. The maximum absolute atomic E-state index is 9.37. The molecule has 1 saturated carbocycles. The maximum Gasteiger partial charge on any atom is 0.303 e. The third-order valence-electron chi connectivity index (χ3n) is 2.90. The minimum absolute atomic E-state index is 0.222. The fourth-order valence-electron chi connectivity index (χ4n) is 1.80. The van der Waals surface area contributed by atoms with E-state index in [1.807, 2.05) is 0 Å². The molecule has 0 aromatic carbocycles. The lowest BCUT2D eigenvalue weighted by Crippen LogP contribution is -2.12. The lowest BCUT2D eigenvalue weighted by molar-refractivity contribution is -0.136. The molecule has 1 N–H and O–H groups in total. The van der Waals surface area contributed by atoms with Gasteiger partial charge in [0, 0.05) is 6.42 Å². The van der Waals surface area contributed by atoms with Gasteiger partial charge < -0.3 is 5.11 Å². The number of hydrogen-bond acceptors (Lipinski definition) is 1. The fourth-order valence-corrected chi connectivity index (χ4v) is 1.80. The highest BCUT2D eigenvalue weighted by Crippen LogP contribution is 2.29. The Kier molecular flexibility index (Phi) is 7.54. The van der Waals surface area contributed by atoms with E-state index < -0.39 is 5.97 Å². The van der Waals surface area contributed by atoms with Gasteiger partial charge in [-0.25, -0.2) is 0 Å². The Hall–Kier alpha value is -0.530. The van der Waals surface area contributed by atoms with Gasteiger partial charge in [0.25, 0.3) is 0 Å². The lowest BCUT2D eigenvalue weighted by atomic mass is 9.82. The zero-order chi connectivity index (χ0) is 11.0. The van der Waals surface area contributed by atoms with E-state index >= 15 is 0 Å². The van der Waals surface area contributed by atoms with E-state index in [0.29, 0.717) is 0 Å². The second-order valence-corrected chi connectivity index (χ2v) is 4.39. The molecule has 1 aliphatic rings. The van der Waals surface area contributed by atoms with E-state index in [1.54, 1.807) is 6.92 Å². The van der Waals surface area contributed by atoms with Crippen molar-refractivity contribution in [3.05, 3.63) is 0 Å². The van der Waals surface area contributed by atoms with Gasteiger partial charge in [-0.3, -0.25) is 4.79 Å². The van der Waals surface area contributed by atoms with Crippen LogP contribution >= 0.6 is 0 Å². The third kappa shape index (κ3) is 6.93. The summed E-state index contributed by atoms with van der Waals surface area (Å²) >= 11 is 0. The highest BCUT2D eigenvalue weighted by Gasteiger charge is 2.15. The molecule has 0 atom stereocenters. The molecule has 0 amide bonds. The van der Waals surface area contributed by atoms with E-state index in [9.17, 15) is 4.79 Å². The molecule has 0 aliphatic heterocycles. The quantitative estimate of drug-likeness (QED) is 0.738. The Balaban J connectivity index is 0.000000292. The largest absolute Gasteiger partial charge is 0.481 e.